The summed E-state index contributed by atoms with van der Waals surface area (Å²) in [6.45, 7) is 8.16. The van der Waals surface area contributed by atoms with E-state index in [1.54, 1.807) is 12.4 Å². The summed E-state index contributed by atoms with van der Waals surface area (Å²) in [4.78, 5) is 14.5. The highest BCUT2D eigenvalue weighted by Gasteiger charge is 2.33. The zero-order valence-electron chi connectivity index (χ0n) is 29.0. The van der Waals surface area contributed by atoms with Crippen LogP contribution in [0.25, 0.3) is 45.6 Å². The van der Waals surface area contributed by atoms with Crippen molar-refractivity contribution < 1.29 is 8.63 Å². The van der Waals surface area contributed by atoms with Crippen LogP contribution in [0.4, 0.5) is 8.63 Å². The van der Waals surface area contributed by atoms with Crippen LogP contribution in [0.15, 0.2) is 125 Å². The van der Waals surface area contributed by atoms with Crippen LogP contribution in [-0.4, -0.2) is 27.6 Å². The van der Waals surface area contributed by atoms with E-state index < -0.39 is 7.40 Å². The molecule has 4 nitrogen and oxygen atoms in total. The summed E-state index contributed by atoms with van der Waals surface area (Å²) < 4.78 is 33.5. The van der Waals surface area contributed by atoms with Crippen LogP contribution in [0, 0.1) is 10.5 Å². The highest BCUT2D eigenvalue weighted by atomic mass is 127. The van der Waals surface area contributed by atoms with Crippen LogP contribution >= 0.6 is 22.6 Å². The molecule has 0 fully saturated rings. The summed E-state index contributed by atoms with van der Waals surface area (Å²) in [5, 5.41) is 2.06. The van der Waals surface area contributed by atoms with E-state index in [1.807, 2.05) is 105 Å². The average Bonchev–Trinajstić information content (AvgIpc) is 3.62. The van der Waals surface area contributed by atoms with Gasteiger partial charge in [-0.2, -0.15) is 0 Å². The molecule has 0 radical (unpaired) electrons. The third-order valence-electron chi connectivity index (χ3n) is 9.64. The average molecular weight is 785 g/mol. The highest BCUT2D eigenvalue weighted by molar-refractivity contribution is 14.1. The lowest BCUT2D eigenvalue weighted by molar-refractivity contribution is 0.626. The normalized spacial score (nSPS) is 14.5. The van der Waals surface area contributed by atoms with Gasteiger partial charge in [-0.15, -0.1) is 0 Å². The fraction of sp³-hybridized carbons (Fsp3) is 0.140. The lowest BCUT2D eigenvalue weighted by Crippen LogP contribution is -2.18. The molecule has 0 unspecified atom stereocenters. The molecule has 0 saturated heterocycles. The Kier molecular flexibility index (Phi) is 9.96. The van der Waals surface area contributed by atoms with Gasteiger partial charge in [-0.05, 0) is 114 Å². The van der Waals surface area contributed by atoms with Gasteiger partial charge in [-0.3, -0.25) is 18.6 Å². The molecule has 3 aromatic heterocycles. The van der Waals surface area contributed by atoms with Crippen LogP contribution in [0.5, 0.6) is 0 Å². The number of rotatable bonds is 9. The molecular weight excluding hydrogens is 748 g/mol. The molecule has 0 bridgehead atoms. The first-order chi connectivity index (χ1) is 24.8. The maximum atomic E-state index is 15.6. The largest absolute Gasteiger partial charge is 0.678 e. The Morgan fingerprint density at radius 1 is 0.745 bits per heavy atom. The molecule has 0 saturated carbocycles. The molecule has 0 spiro atoms. The molecule has 0 N–H and O–H groups in total. The Morgan fingerprint density at radius 2 is 1.33 bits per heavy atom. The van der Waals surface area contributed by atoms with E-state index in [9.17, 15) is 0 Å². The monoisotopic (exact) mass is 784 g/mol. The van der Waals surface area contributed by atoms with E-state index in [0.29, 0.717) is 29.1 Å². The number of hydrogen-bond acceptors (Lipinski definition) is 3. The van der Waals surface area contributed by atoms with Crippen LogP contribution in [0.1, 0.15) is 66.4 Å². The van der Waals surface area contributed by atoms with E-state index in [1.165, 1.54) is 4.48 Å². The van der Waals surface area contributed by atoms with E-state index in [2.05, 4.69) is 64.6 Å². The summed E-state index contributed by atoms with van der Waals surface area (Å²) in [5.74, 6) is 0. The summed E-state index contributed by atoms with van der Waals surface area (Å²) >= 11 is 2.28. The Morgan fingerprint density at radius 3 is 1.90 bits per heavy atom. The minimum atomic E-state index is -2.79. The van der Waals surface area contributed by atoms with Gasteiger partial charge in [0.2, 0.25) is 0 Å². The Hall–Kier alpha value is -4.96. The van der Waals surface area contributed by atoms with Crippen molar-refractivity contribution in [2.24, 2.45) is 4.99 Å². The molecule has 1 aliphatic heterocycles. The number of halogens is 3. The van der Waals surface area contributed by atoms with E-state index >= 15 is 8.63 Å². The second-order valence-corrected chi connectivity index (χ2v) is 13.8. The first-order valence-corrected chi connectivity index (χ1v) is 18.2. The van der Waals surface area contributed by atoms with Gasteiger partial charge >= 0.3 is 7.40 Å². The standard InChI is InChI=1S/C43H36BF2IN4/c1-5-35-27(3)40(50-37(35)23-19-32-13-7-11-30-15-9-25-48-41(30)32)39(29-17-21-34(47)22-18-29)43-28(4)36(6-2)38(51(43)44(45)46)24-20-33-14-8-12-31-16-10-26-49-42(31)33/h7-26H,5-6H2,1-4H3/b23-19+,24-20+,40-39-. The number of aliphatic imine (C=N–C) groups is 1. The zero-order valence-corrected chi connectivity index (χ0v) is 31.1. The van der Waals surface area contributed by atoms with E-state index in [0.717, 1.165) is 76.5 Å². The fourth-order valence-corrected chi connectivity index (χ4v) is 7.58. The van der Waals surface area contributed by atoms with Gasteiger partial charge < -0.3 is 4.48 Å². The van der Waals surface area contributed by atoms with E-state index in [4.69, 9.17) is 4.99 Å². The molecule has 6 aromatic rings. The first kappa shape index (κ1) is 34.5. The van der Waals surface area contributed by atoms with Crippen molar-refractivity contribution in [3.05, 3.63) is 163 Å². The molecule has 0 aliphatic carbocycles. The highest BCUT2D eigenvalue weighted by Crippen LogP contribution is 2.41. The topological polar surface area (TPSA) is 43.1 Å². The van der Waals surface area contributed by atoms with Crippen molar-refractivity contribution in [3.63, 3.8) is 0 Å². The van der Waals surface area contributed by atoms with Crippen LogP contribution in [0.3, 0.4) is 0 Å². The molecule has 0 atom stereocenters. The molecule has 3 aromatic carbocycles. The second-order valence-electron chi connectivity index (χ2n) is 12.5. The molecule has 252 valence electrons. The van der Waals surface area contributed by atoms with Crippen molar-refractivity contribution in [1.82, 2.24) is 14.4 Å². The van der Waals surface area contributed by atoms with Crippen molar-refractivity contribution in [1.29, 1.82) is 0 Å². The van der Waals surface area contributed by atoms with Gasteiger partial charge in [0.1, 0.15) is 0 Å². The lowest BCUT2D eigenvalue weighted by atomic mass is 9.92. The molecule has 8 heteroatoms. The van der Waals surface area contributed by atoms with Gasteiger partial charge in [0.15, 0.2) is 0 Å². The summed E-state index contributed by atoms with van der Waals surface area (Å²) in [6.07, 6.45) is 12.7. The first-order valence-electron chi connectivity index (χ1n) is 17.2. The molecule has 7 rings (SSSR count). The second kappa shape index (κ2) is 14.7. The van der Waals surface area contributed by atoms with Crippen molar-refractivity contribution in [2.75, 3.05) is 0 Å². The van der Waals surface area contributed by atoms with Gasteiger partial charge in [0.25, 0.3) is 0 Å². The van der Waals surface area contributed by atoms with Crippen molar-refractivity contribution in [3.8, 4) is 0 Å². The van der Waals surface area contributed by atoms with Crippen molar-refractivity contribution in [2.45, 2.75) is 40.5 Å². The van der Waals surface area contributed by atoms with Gasteiger partial charge in [-0.25, -0.2) is 4.99 Å². The predicted molar refractivity (Wildman–Crippen MR) is 219 cm³/mol. The lowest BCUT2D eigenvalue weighted by Gasteiger charge is -2.17. The summed E-state index contributed by atoms with van der Waals surface area (Å²) in [7, 11) is -2.79. The minimum Gasteiger partial charge on any atom is -0.325 e. The minimum absolute atomic E-state index is 0.482. The molecule has 1 aliphatic rings. The predicted octanol–water partition coefficient (Wildman–Crippen LogP) is 11.7. The molecule has 0 amide bonds. The smallest absolute Gasteiger partial charge is 0.325 e. The number of fused-ring (bicyclic) bond motifs is 2. The van der Waals surface area contributed by atoms with Crippen LogP contribution < -0.4 is 0 Å². The third-order valence-corrected chi connectivity index (χ3v) is 10.4. The van der Waals surface area contributed by atoms with E-state index in [-0.39, 0.29) is 0 Å². The van der Waals surface area contributed by atoms with Crippen LogP contribution in [-0.2, 0) is 6.42 Å². The fourth-order valence-electron chi connectivity index (χ4n) is 7.22. The SMILES string of the molecule is CCC1=C(C)/C(=C(\c2ccc(I)cc2)c2c(C)c(CC)c(/C=C/c3cccc4cccnc34)n2B(F)F)N=C1/C=C/c1cccc2cccnc12. The Labute approximate surface area is 311 Å². The molecule has 4 heterocycles. The number of benzene rings is 3. The Balaban J connectivity index is 1.45. The molecule has 51 heavy (non-hydrogen) atoms. The van der Waals surface area contributed by atoms with Crippen molar-refractivity contribution >= 4 is 81.3 Å². The maximum Gasteiger partial charge on any atom is 0.678 e. The summed E-state index contributed by atoms with van der Waals surface area (Å²) in [5.41, 5.74) is 11.4. The Bertz CT molecular complexity index is 2440. The number of para-hydroxylation sites is 2. The van der Waals surface area contributed by atoms with Crippen LogP contribution in [0.2, 0.25) is 0 Å². The number of pyridine rings is 2. The van der Waals surface area contributed by atoms with Gasteiger partial charge in [-0.1, -0.05) is 86.7 Å². The van der Waals surface area contributed by atoms with Gasteiger partial charge in [0, 0.05) is 54.8 Å². The quantitative estimate of drug-likeness (QED) is 0.108. The maximum absolute atomic E-state index is 15.6. The number of nitrogens with zero attached hydrogens (tertiary/aromatic N) is 4. The number of allylic oxidation sites excluding steroid dienone is 3. The molecular formula is C43H36BF2IN4. The zero-order chi connectivity index (χ0) is 35.6. The number of hydrogen-bond donors (Lipinski definition) is 0. The van der Waals surface area contributed by atoms with Gasteiger partial charge in [0.05, 0.1) is 22.4 Å². The number of aromatic nitrogens is 3. The third kappa shape index (κ3) is 6.53. The summed E-state index contributed by atoms with van der Waals surface area (Å²) in [6, 6.07) is 28.0.